The van der Waals surface area contributed by atoms with Crippen LogP contribution in [0, 0.1) is 0 Å². The van der Waals surface area contributed by atoms with Crippen LogP contribution in [0.4, 0.5) is 0 Å². The average Bonchev–Trinajstić information content (AvgIpc) is 2.03. The highest BCUT2D eigenvalue weighted by Crippen LogP contribution is 1.82. The largest absolute Gasteiger partial charge is 0.487 e. The average molecular weight is 161 g/mol. The second kappa shape index (κ2) is 9.90. The van der Waals surface area contributed by atoms with Crippen LogP contribution >= 0.6 is 0 Å². The Bertz CT molecular complexity index is 63.6. The predicted molar refractivity (Wildman–Crippen MR) is 41.1 cm³/mol. The van der Waals surface area contributed by atoms with Crippen molar-refractivity contribution in [2.24, 2.45) is 0 Å². The van der Waals surface area contributed by atoms with E-state index < -0.39 is 0 Å². The minimum Gasteiger partial charge on any atom is -0.413 e. The van der Waals surface area contributed by atoms with Crippen molar-refractivity contribution in [3.8, 4) is 0 Å². The molecule has 1 radical (unpaired) electrons. The molecule has 5 heteroatoms. The van der Waals surface area contributed by atoms with Crippen LogP contribution in [0.15, 0.2) is 0 Å². The zero-order chi connectivity index (χ0) is 8.36. The summed E-state index contributed by atoms with van der Waals surface area (Å²) in [4.78, 5) is 0. The molecule has 0 aromatic rings. The lowest BCUT2D eigenvalue weighted by atomic mass is 10.3. The van der Waals surface area contributed by atoms with Crippen molar-refractivity contribution in [1.82, 2.24) is 0 Å². The number of aliphatic hydroxyl groups is 2. The van der Waals surface area contributed by atoms with Gasteiger partial charge in [-0.2, -0.15) is 0 Å². The van der Waals surface area contributed by atoms with Gasteiger partial charge in [0, 0.05) is 26.4 Å². The van der Waals surface area contributed by atoms with E-state index in [9.17, 15) is 0 Å². The summed E-state index contributed by atoms with van der Waals surface area (Å²) in [6, 6.07) is 0. The van der Waals surface area contributed by atoms with Crippen LogP contribution in [-0.4, -0.2) is 44.3 Å². The fraction of sp³-hybridized carbons (Fsp3) is 1.00. The van der Waals surface area contributed by atoms with Crippen molar-refractivity contribution in [1.29, 1.82) is 0 Å². The quantitative estimate of drug-likeness (QED) is 0.365. The molecule has 0 spiro atoms. The minimum absolute atomic E-state index is 0.129. The molecule has 0 fully saturated rings. The molecule has 0 atom stereocenters. The molecule has 11 heavy (non-hydrogen) atoms. The van der Waals surface area contributed by atoms with Crippen LogP contribution in [0.1, 0.15) is 12.8 Å². The minimum atomic E-state index is 0.129. The third-order valence-electron chi connectivity index (χ3n) is 0.977. The molecule has 0 aliphatic rings. The van der Waals surface area contributed by atoms with E-state index in [1.165, 1.54) is 7.69 Å². The van der Waals surface area contributed by atoms with E-state index in [2.05, 4.69) is 0 Å². The first-order valence-corrected chi connectivity index (χ1v) is 3.68. The van der Waals surface area contributed by atoms with Crippen LogP contribution in [-0.2, 0) is 9.31 Å². The molecule has 4 nitrogen and oxygen atoms in total. The Kier molecular flexibility index (Phi) is 9.82. The van der Waals surface area contributed by atoms with E-state index in [1.54, 1.807) is 0 Å². The van der Waals surface area contributed by atoms with Crippen LogP contribution < -0.4 is 0 Å². The second-order valence-corrected chi connectivity index (χ2v) is 1.99. The van der Waals surface area contributed by atoms with E-state index in [1.807, 2.05) is 0 Å². The molecule has 0 bridgehead atoms. The Labute approximate surface area is 67.4 Å². The molecule has 0 aromatic carbocycles. The first-order chi connectivity index (χ1) is 5.41. The molecule has 65 valence electrons. The molecule has 0 aromatic heterocycles. The van der Waals surface area contributed by atoms with Crippen molar-refractivity contribution in [2.45, 2.75) is 12.8 Å². The van der Waals surface area contributed by atoms with E-state index >= 15 is 0 Å². The summed E-state index contributed by atoms with van der Waals surface area (Å²) in [7, 11) is 1.24. The predicted octanol–water partition coefficient (Wildman–Crippen LogP) is -0.681. The highest BCUT2D eigenvalue weighted by Gasteiger charge is 1.92. The summed E-state index contributed by atoms with van der Waals surface area (Å²) in [5.74, 6) is 0. The van der Waals surface area contributed by atoms with Crippen LogP contribution in [0.5, 0.6) is 0 Å². The Morgan fingerprint density at radius 1 is 0.909 bits per heavy atom. The van der Waals surface area contributed by atoms with E-state index in [4.69, 9.17) is 19.5 Å². The molecule has 0 saturated heterocycles. The lowest BCUT2D eigenvalue weighted by Crippen LogP contribution is -2.08. The summed E-state index contributed by atoms with van der Waals surface area (Å²) < 4.78 is 9.66. The van der Waals surface area contributed by atoms with Crippen molar-refractivity contribution in [2.75, 3.05) is 26.4 Å². The highest BCUT2D eigenvalue weighted by molar-refractivity contribution is 6.17. The van der Waals surface area contributed by atoms with Gasteiger partial charge < -0.3 is 19.5 Å². The maximum absolute atomic E-state index is 8.34. The molecule has 0 amide bonds. The maximum Gasteiger partial charge on any atom is 0.487 e. The third-order valence-corrected chi connectivity index (χ3v) is 0.977. The standard InChI is InChI=1S/C6H14BO4/c8-3-1-5-10-7-11-6-2-4-9/h8-9H,1-6H2. The normalized spacial score (nSPS) is 10.0. The zero-order valence-corrected chi connectivity index (χ0v) is 6.53. The lowest BCUT2D eigenvalue weighted by Gasteiger charge is -2.00. The van der Waals surface area contributed by atoms with Crippen molar-refractivity contribution in [3.05, 3.63) is 0 Å². The molecule has 0 unspecified atom stereocenters. The smallest absolute Gasteiger partial charge is 0.413 e. The maximum atomic E-state index is 8.34. The van der Waals surface area contributed by atoms with Gasteiger partial charge in [0.25, 0.3) is 0 Å². The topological polar surface area (TPSA) is 58.9 Å². The monoisotopic (exact) mass is 161 g/mol. The lowest BCUT2D eigenvalue weighted by molar-refractivity contribution is 0.181. The Hall–Kier alpha value is -0.0951. The van der Waals surface area contributed by atoms with Gasteiger partial charge in [-0.05, 0) is 12.8 Å². The molecule has 0 heterocycles. The van der Waals surface area contributed by atoms with Gasteiger partial charge in [-0.15, -0.1) is 0 Å². The van der Waals surface area contributed by atoms with Crippen LogP contribution in [0.3, 0.4) is 0 Å². The summed E-state index contributed by atoms with van der Waals surface area (Å²) in [6.45, 7) is 1.19. The van der Waals surface area contributed by atoms with E-state index in [0.717, 1.165) is 0 Å². The van der Waals surface area contributed by atoms with Crippen LogP contribution in [0.2, 0.25) is 0 Å². The molecular weight excluding hydrogens is 147 g/mol. The van der Waals surface area contributed by atoms with Gasteiger partial charge in [-0.3, -0.25) is 0 Å². The van der Waals surface area contributed by atoms with Crippen LogP contribution in [0.25, 0.3) is 0 Å². The number of hydrogen-bond donors (Lipinski definition) is 2. The van der Waals surface area contributed by atoms with Gasteiger partial charge in [0.2, 0.25) is 0 Å². The summed E-state index contributed by atoms with van der Waals surface area (Å²) >= 11 is 0. The summed E-state index contributed by atoms with van der Waals surface area (Å²) in [5, 5.41) is 16.7. The van der Waals surface area contributed by atoms with Crippen molar-refractivity contribution >= 4 is 7.69 Å². The second-order valence-electron chi connectivity index (χ2n) is 1.99. The fourth-order valence-electron chi connectivity index (χ4n) is 0.440. The van der Waals surface area contributed by atoms with Crippen molar-refractivity contribution < 1.29 is 19.5 Å². The zero-order valence-electron chi connectivity index (χ0n) is 6.53. The van der Waals surface area contributed by atoms with Gasteiger partial charge >= 0.3 is 7.69 Å². The van der Waals surface area contributed by atoms with Gasteiger partial charge in [0.15, 0.2) is 0 Å². The van der Waals surface area contributed by atoms with Gasteiger partial charge in [-0.1, -0.05) is 0 Å². The van der Waals surface area contributed by atoms with Gasteiger partial charge in [0.1, 0.15) is 0 Å². The highest BCUT2D eigenvalue weighted by atomic mass is 16.6. The number of rotatable bonds is 8. The summed E-state index contributed by atoms with van der Waals surface area (Å²) in [6.07, 6.45) is 1.22. The molecule has 0 aliphatic heterocycles. The van der Waals surface area contributed by atoms with E-state index in [-0.39, 0.29) is 13.2 Å². The number of hydrogen-bond acceptors (Lipinski definition) is 4. The first kappa shape index (κ1) is 10.9. The molecule has 0 saturated carbocycles. The Morgan fingerprint density at radius 2 is 1.36 bits per heavy atom. The van der Waals surface area contributed by atoms with Gasteiger partial charge in [0.05, 0.1) is 0 Å². The molecular formula is C6H14BO4. The third kappa shape index (κ3) is 9.90. The Balaban J connectivity index is 2.69. The molecule has 2 N–H and O–H groups in total. The fourth-order valence-corrected chi connectivity index (χ4v) is 0.440. The van der Waals surface area contributed by atoms with Gasteiger partial charge in [-0.25, -0.2) is 0 Å². The summed E-state index contributed by atoms with van der Waals surface area (Å²) in [5.41, 5.74) is 0. The Morgan fingerprint density at radius 3 is 1.73 bits per heavy atom. The van der Waals surface area contributed by atoms with E-state index in [0.29, 0.717) is 26.1 Å². The first-order valence-electron chi connectivity index (χ1n) is 3.68. The SMILES string of the molecule is OCCCO[B]OCCCO. The molecule has 0 aliphatic carbocycles. The number of aliphatic hydroxyl groups excluding tert-OH is 2. The van der Waals surface area contributed by atoms with Crippen molar-refractivity contribution in [3.63, 3.8) is 0 Å². The molecule has 0 rings (SSSR count).